The summed E-state index contributed by atoms with van der Waals surface area (Å²) in [7, 11) is 0. The van der Waals surface area contributed by atoms with Gasteiger partial charge >= 0.3 is 0 Å². The smallest absolute Gasteiger partial charge is 0.161 e. The molecule has 0 saturated carbocycles. The molecule has 4 N–H and O–H groups in total. The van der Waals surface area contributed by atoms with E-state index >= 15 is 0 Å². The average molecular weight is 385 g/mol. The zero-order valence-electron chi connectivity index (χ0n) is 16.6. The highest BCUT2D eigenvalue weighted by molar-refractivity contribution is 5.97. The second-order valence-electron chi connectivity index (χ2n) is 8.06. The van der Waals surface area contributed by atoms with Crippen LogP contribution in [0.4, 0.5) is 0 Å². The molecule has 1 heterocycles. The summed E-state index contributed by atoms with van der Waals surface area (Å²) < 4.78 is 5.63. The number of carbonyl (C=O) groups is 1. The van der Waals surface area contributed by atoms with Crippen molar-refractivity contribution in [3.8, 4) is 0 Å². The number of ether oxygens (including phenoxy) is 1. The summed E-state index contributed by atoms with van der Waals surface area (Å²) in [4.78, 5) is 12.8. The van der Waals surface area contributed by atoms with Gasteiger partial charge in [-0.3, -0.25) is 4.79 Å². The Kier molecular flexibility index (Phi) is 8.89. The van der Waals surface area contributed by atoms with Crippen LogP contribution in [0.5, 0.6) is 0 Å². The van der Waals surface area contributed by atoms with Crippen molar-refractivity contribution in [2.45, 2.75) is 95.7 Å². The molecule has 0 amide bonds. The molecule has 1 saturated heterocycles. The molecule has 2 unspecified atom stereocenters. The van der Waals surface area contributed by atoms with Crippen LogP contribution in [0.15, 0.2) is 11.6 Å². The van der Waals surface area contributed by atoms with Crippen LogP contribution in [0.3, 0.4) is 0 Å². The Morgan fingerprint density at radius 1 is 1.00 bits per heavy atom. The van der Waals surface area contributed by atoms with Gasteiger partial charge in [0.25, 0.3) is 0 Å². The first-order chi connectivity index (χ1) is 12.9. The number of ketones is 1. The number of hydrogen-bond donors (Lipinski definition) is 4. The maximum atomic E-state index is 12.8. The normalized spacial score (nSPS) is 37.3. The molecule has 156 valence electrons. The summed E-state index contributed by atoms with van der Waals surface area (Å²) in [5.74, 6) is 0.500. The Morgan fingerprint density at radius 2 is 1.70 bits per heavy atom. The minimum Gasteiger partial charge on any atom is -0.394 e. The molecule has 0 spiro atoms. The van der Waals surface area contributed by atoms with Crippen molar-refractivity contribution in [1.82, 2.24) is 0 Å². The number of unbranched alkanes of at least 4 members (excludes halogenated alkanes) is 3. The third-order valence-electron chi connectivity index (χ3n) is 6.04. The molecule has 0 bridgehead atoms. The number of rotatable bonds is 9. The lowest BCUT2D eigenvalue weighted by atomic mass is 9.73. The van der Waals surface area contributed by atoms with Gasteiger partial charge in [-0.15, -0.1) is 0 Å². The van der Waals surface area contributed by atoms with Crippen LogP contribution < -0.4 is 0 Å². The van der Waals surface area contributed by atoms with Crippen LogP contribution in [0.2, 0.25) is 0 Å². The highest BCUT2D eigenvalue weighted by Crippen LogP contribution is 2.37. The third kappa shape index (κ3) is 5.39. The maximum Gasteiger partial charge on any atom is 0.161 e. The zero-order chi connectivity index (χ0) is 20.0. The monoisotopic (exact) mass is 384 g/mol. The van der Waals surface area contributed by atoms with Gasteiger partial charge in [0.1, 0.15) is 30.5 Å². The number of aliphatic hydroxyl groups is 4. The number of Topliss-reactive ketones (excluding diaryl/α,β-unsaturated/α-hetero) is 1. The Bertz CT molecular complexity index is 503. The largest absolute Gasteiger partial charge is 0.394 e. The fourth-order valence-corrected chi connectivity index (χ4v) is 4.31. The lowest BCUT2D eigenvalue weighted by molar-refractivity contribution is -0.220. The van der Waals surface area contributed by atoms with Gasteiger partial charge in [-0.2, -0.15) is 0 Å². The van der Waals surface area contributed by atoms with E-state index < -0.39 is 37.1 Å². The number of carbonyl (C=O) groups excluding carboxylic acids is 1. The van der Waals surface area contributed by atoms with Crippen LogP contribution in [0, 0.1) is 11.8 Å². The number of aliphatic hydroxyl groups excluding tert-OH is 4. The SMILES string of the molecule is CCCCCC1CC(=O)C([C@@H]2O[C@H](CO)[C@@H](O)[C@H](O)[C@@H]2O)=CC1CCCC. The first-order valence-electron chi connectivity index (χ1n) is 10.5. The van der Waals surface area contributed by atoms with E-state index in [9.17, 15) is 25.2 Å². The summed E-state index contributed by atoms with van der Waals surface area (Å²) in [6.07, 6.45) is 3.70. The fourth-order valence-electron chi connectivity index (χ4n) is 4.31. The summed E-state index contributed by atoms with van der Waals surface area (Å²) in [6.45, 7) is 3.82. The van der Waals surface area contributed by atoms with E-state index in [0.29, 0.717) is 17.9 Å². The topological polar surface area (TPSA) is 107 Å². The molecule has 6 nitrogen and oxygen atoms in total. The van der Waals surface area contributed by atoms with Crippen LogP contribution in [0.25, 0.3) is 0 Å². The lowest BCUT2D eigenvalue weighted by Gasteiger charge is -2.42. The van der Waals surface area contributed by atoms with E-state index in [2.05, 4.69) is 13.8 Å². The van der Waals surface area contributed by atoms with Crippen LogP contribution in [-0.2, 0) is 9.53 Å². The Hall–Kier alpha value is -0.790. The molecule has 0 aromatic carbocycles. The molecule has 0 aromatic rings. The Labute approximate surface area is 162 Å². The van der Waals surface area contributed by atoms with Gasteiger partial charge in [-0.1, -0.05) is 52.0 Å². The molecule has 0 radical (unpaired) electrons. The fraction of sp³-hybridized carbons (Fsp3) is 0.857. The third-order valence-corrected chi connectivity index (χ3v) is 6.04. The highest BCUT2D eigenvalue weighted by Gasteiger charge is 2.47. The number of hydrogen-bond acceptors (Lipinski definition) is 6. The van der Waals surface area contributed by atoms with Crippen molar-refractivity contribution >= 4 is 5.78 Å². The van der Waals surface area contributed by atoms with Crippen LogP contribution >= 0.6 is 0 Å². The molecule has 2 aliphatic rings. The quantitative estimate of drug-likeness (QED) is 0.451. The summed E-state index contributed by atoms with van der Waals surface area (Å²) in [6, 6.07) is 0. The van der Waals surface area contributed by atoms with Gasteiger partial charge in [-0.05, 0) is 24.7 Å². The van der Waals surface area contributed by atoms with Crippen molar-refractivity contribution in [3.63, 3.8) is 0 Å². The molecule has 0 aromatic heterocycles. The summed E-state index contributed by atoms with van der Waals surface area (Å²) in [5.41, 5.74) is 0.389. The van der Waals surface area contributed by atoms with E-state index in [4.69, 9.17) is 4.74 Å². The maximum absolute atomic E-state index is 12.8. The molecule has 27 heavy (non-hydrogen) atoms. The Balaban J connectivity index is 2.21. The van der Waals surface area contributed by atoms with Gasteiger partial charge < -0.3 is 25.2 Å². The van der Waals surface area contributed by atoms with Gasteiger partial charge in [0.2, 0.25) is 0 Å². The second-order valence-corrected chi connectivity index (χ2v) is 8.06. The lowest BCUT2D eigenvalue weighted by Crippen LogP contribution is -2.59. The first kappa shape index (κ1) is 22.5. The van der Waals surface area contributed by atoms with Gasteiger partial charge in [0.05, 0.1) is 6.61 Å². The van der Waals surface area contributed by atoms with Crippen molar-refractivity contribution in [2.75, 3.05) is 6.61 Å². The van der Waals surface area contributed by atoms with Crippen molar-refractivity contribution in [2.24, 2.45) is 11.8 Å². The van der Waals surface area contributed by atoms with E-state index in [-0.39, 0.29) is 11.7 Å². The summed E-state index contributed by atoms with van der Waals surface area (Å²) in [5, 5.41) is 39.8. The van der Waals surface area contributed by atoms with E-state index in [1.54, 1.807) is 0 Å². The molecular formula is C21H36O6. The second kappa shape index (κ2) is 10.7. The van der Waals surface area contributed by atoms with Crippen molar-refractivity contribution in [1.29, 1.82) is 0 Å². The average Bonchev–Trinajstić information content (AvgIpc) is 2.66. The van der Waals surface area contributed by atoms with Gasteiger partial charge in [0, 0.05) is 12.0 Å². The molecule has 1 aliphatic heterocycles. The highest BCUT2D eigenvalue weighted by atomic mass is 16.5. The zero-order valence-corrected chi connectivity index (χ0v) is 16.6. The van der Waals surface area contributed by atoms with E-state index in [1.807, 2.05) is 6.08 Å². The minimum atomic E-state index is -1.45. The molecule has 1 fully saturated rings. The predicted molar refractivity (Wildman–Crippen MR) is 102 cm³/mol. The molecule has 2 rings (SSSR count). The summed E-state index contributed by atoms with van der Waals surface area (Å²) >= 11 is 0. The van der Waals surface area contributed by atoms with Gasteiger partial charge in [0.15, 0.2) is 5.78 Å². The van der Waals surface area contributed by atoms with E-state index in [0.717, 1.165) is 44.9 Å². The first-order valence-corrected chi connectivity index (χ1v) is 10.5. The predicted octanol–water partition coefficient (Wildman–Crippen LogP) is 1.73. The van der Waals surface area contributed by atoms with Crippen LogP contribution in [-0.4, -0.2) is 63.3 Å². The Morgan fingerprint density at radius 3 is 2.33 bits per heavy atom. The van der Waals surface area contributed by atoms with E-state index in [1.165, 1.54) is 0 Å². The van der Waals surface area contributed by atoms with Gasteiger partial charge in [-0.25, -0.2) is 0 Å². The number of allylic oxidation sites excluding steroid dienone is 1. The standard InChI is InChI=1S/C21H36O6/c1-3-5-7-9-14-11-16(23)15(10-13(14)8-6-4-2)21-20(26)19(25)18(24)17(12-22)27-21/h10,13-14,17-22,24-26H,3-9,11-12H2,1-2H3/t13?,14?,17-,18-,19+,20+,21+/m1/s1. The molecule has 1 aliphatic carbocycles. The van der Waals surface area contributed by atoms with Crippen molar-refractivity contribution in [3.05, 3.63) is 11.6 Å². The molecular weight excluding hydrogens is 348 g/mol. The molecule has 7 atom stereocenters. The minimum absolute atomic E-state index is 0.0615. The molecule has 6 heteroatoms. The van der Waals surface area contributed by atoms with Crippen LogP contribution in [0.1, 0.15) is 65.2 Å². The van der Waals surface area contributed by atoms with Crippen molar-refractivity contribution < 1.29 is 30.0 Å².